The molecule has 0 atom stereocenters. The molecule has 1 aromatic heterocycles. The standard InChI is InChI=1S/C12H20N4O/c1-16-7-10(15-9-16)11(17)14-8-12(13)5-3-2-4-6-12/h7,9H,2-6,8,13H2,1H3,(H,14,17). The van der Waals surface area contributed by atoms with Crippen LogP contribution in [0.2, 0.25) is 0 Å². The number of nitrogens with one attached hydrogen (secondary N) is 1. The maximum Gasteiger partial charge on any atom is 0.271 e. The second-order valence-corrected chi connectivity index (χ2v) is 5.03. The lowest BCUT2D eigenvalue weighted by atomic mass is 9.82. The molecule has 0 unspecified atom stereocenters. The summed E-state index contributed by atoms with van der Waals surface area (Å²) >= 11 is 0. The molecule has 3 N–H and O–H groups in total. The van der Waals surface area contributed by atoms with Gasteiger partial charge in [0.1, 0.15) is 5.69 Å². The molecule has 1 aliphatic rings. The molecule has 1 aliphatic carbocycles. The van der Waals surface area contributed by atoms with Crippen LogP contribution in [0.5, 0.6) is 0 Å². The zero-order chi connectivity index (χ0) is 12.3. The fourth-order valence-corrected chi connectivity index (χ4v) is 2.31. The highest BCUT2D eigenvalue weighted by Gasteiger charge is 2.27. The number of carbonyl (C=O) groups is 1. The maximum absolute atomic E-state index is 11.8. The molecular weight excluding hydrogens is 216 g/mol. The highest BCUT2D eigenvalue weighted by Crippen LogP contribution is 2.25. The summed E-state index contributed by atoms with van der Waals surface area (Å²) in [6.07, 6.45) is 8.90. The van der Waals surface area contributed by atoms with Crippen LogP contribution in [0, 0.1) is 0 Å². The van der Waals surface area contributed by atoms with Gasteiger partial charge in [0.25, 0.3) is 5.91 Å². The number of rotatable bonds is 3. The first-order chi connectivity index (χ1) is 8.09. The first-order valence-corrected chi connectivity index (χ1v) is 6.14. The number of nitrogens with zero attached hydrogens (tertiary/aromatic N) is 2. The van der Waals surface area contributed by atoms with Gasteiger partial charge in [-0.2, -0.15) is 0 Å². The molecule has 5 nitrogen and oxygen atoms in total. The van der Waals surface area contributed by atoms with E-state index in [1.807, 2.05) is 7.05 Å². The van der Waals surface area contributed by atoms with Gasteiger partial charge in [0.2, 0.25) is 0 Å². The summed E-state index contributed by atoms with van der Waals surface area (Å²) < 4.78 is 1.76. The molecule has 0 spiro atoms. The van der Waals surface area contributed by atoms with Crippen LogP contribution in [0.1, 0.15) is 42.6 Å². The quantitative estimate of drug-likeness (QED) is 0.815. The second kappa shape index (κ2) is 4.87. The molecule has 1 saturated carbocycles. The van der Waals surface area contributed by atoms with Crippen LogP contribution < -0.4 is 11.1 Å². The lowest BCUT2D eigenvalue weighted by Crippen LogP contribution is -2.51. The van der Waals surface area contributed by atoms with Crippen LogP contribution in [-0.2, 0) is 7.05 Å². The normalized spacial score (nSPS) is 18.9. The predicted octanol–water partition coefficient (Wildman–Crippen LogP) is 0.811. The van der Waals surface area contributed by atoms with E-state index in [9.17, 15) is 4.79 Å². The maximum atomic E-state index is 11.8. The summed E-state index contributed by atoms with van der Waals surface area (Å²) in [7, 11) is 1.84. The van der Waals surface area contributed by atoms with Crippen molar-refractivity contribution < 1.29 is 4.79 Å². The molecule has 1 fully saturated rings. The lowest BCUT2D eigenvalue weighted by molar-refractivity contribution is 0.0933. The van der Waals surface area contributed by atoms with Gasteiger partial charge in [-0.25, -0.2) is 4.98 Å². The molecule has 1 heterocycles. The van der Waals surface area contributed by atoms with Crippen molar-refractivity contribution in [3.63, 3.8) is 0 Å². The molecule has 5 heteroatoms. The second-order valence-electron chi connectivity index (χ2n) is 5.03. The van der Waals surface area contributed by atoms with Gasteiger partial charge in [-0.15, -0.1) is 0 Å². The third-order valence-electron chi connectivity index (χ3n) is 3.39. The molecule has 0 bridgehead atoms. The van der Waals surface area contributed by atoms with Gasteiger partial charge in [-0.05, 0) is 12.8 Å². The number of imidazole rings is 1. The number of aryl methyl sites for hydroxylation is 1. The molecule has 1 aromatic rings. The summed E-state index contributed by atoms with van der Waals surface area (Å²) in [6.45, 7) is 0.544. The molecule has 94 valence electrons. The van der Waals surface area contributed by atoms with E-state index in [0.717, 1.165) is 25.7 Å². The zero-order valence-electron chi connectivity index (χ0n) is 10.3. The Kier molecular flexibility index (Phi) is 3.47. The fraction of sp³-hybridized carbons (Fsp3) is 0.667. The molecule has 0 saturated heterocycles. The molecule has 0 aromatic carbocycles. The molecule has 0 radical (unpaired) electrons. The predicted molar refractivity (Wildman–Crippen MR) is 65.5 cm³/mol. The van der Waals surface area contributed by atoms with E-state index < -0.39 is 0 Å². The van der Waals surface area contributed by atoms with Crippen LogP contribution in [0.3, 0.4) is 0 Å². The van der Waals surface area contributed by atoms with Crippen molar-refractivity contribution in [1.29, 1.82) is 0 Å². The average molecular weight is 236 g/mol. The van der Waals surface area contributed by atoms with Gasteiger partial charge in [-0.1, -0.05) is 19.3 Å². The minimum atomic E-state index is -0.220. The minimum absolute atomic E-state index is 0.138. The Bertz CT molecular complexity index is 393. The summed E-state index contributed by atoms with van der Waals surface area (Å²) in [6, 6.07) is 0. The Morgan fingerprint density at radius 2 is 2.24 bits per heavy atom. The first-order valence-electron chi connectivity index (χ1n) is 6.14. The van der Waals surface area contributed by atoms with Crippen molar-refractivity contribution in [1.82, 2.24) is 14.9 Å². The van der Waals surface area contributed by atoms with E-state index in [2.05, 4.69) is 10.3 Å². The Balaban J connectivity index is 1.87. The van der Waals surface area contributed by atoms with Crippen molar-refractivity contribution in [3.05, 3.63) is 18.2 Å². The molecule has 1 amide bonds. The van der Waals surface area contributed by atoms with E-state index in [4.69, 9.17) is 5.73 Å². The van der Waals surface area contributed by atoms with E-state index in [1.54, 1.807) is 17.1 Å². The largest absolute Gasteiger partial charge is 0.349 e. The summed E-state index contributed by atoms with van der Waals surface area (Å²) in [5.74, 6) is -0.138. The van der Waals surface area contributed by atoms with Crippen LogP contribution in [0.25, 0.3) is 0 Å². The average Bonchev–Trinajstić information content (AvgIpc) is 2.74. The van der Waals surface area contributed by atoms with Crippen LogP contribution in [-0.4, -0.2) is 27.5 Å². The zero-order valence-corrected chi connectivity index (χ0v) is 10.3. The summed E-state index contributed by atoms with van der Waals surface area (Å²) in [4.78, 5) is 15.8. The van der Waals surface area contributed by atoms with Crippen LogP contribution in [0.15, 0.2) is 12.5 Å². The molecular formula is C12H20N4O. The van der Waals surface area contributed by atoms with Gasteiger partial charge in [0.05, 0.1) is 6.33 Å². The number of nitrogens with two attached hydrogens (primary N) is 1. The molecule has 2 rings (SSSR count). The van der Waals surface area contributed by atoms with E-state index in [-0.39, 0.29) is 11.4 Å². The Hall–Kier alpha value is -1.36. The van der Waals surface area contributed by atoms with Crippen molar-refractivity contribution in [3.8, 4) is 0 Å². The van der Waals surface area contributed by atoms with Gasteiger partial charge < -0.3 is 15.6 Å². The van der Waals surface area contributed by atoms with E-state index in [1.165, 1.54) is 6.42 Å². The third-order valence-corrected chi connectivity index (χ3v) is 3.39. The lowest BCUT2D eigenvalue weighted by Gasteiger charge is -2.33. The smallest absolute Gasteiger partial charge is 0.271 e. The van der Waals surface area contributed by atoms with Crippen LogP contribution >= 0.6 is 0 Å². The highest BCUT2D eigenvalue weighted by atomic mass is 16.1. The number of hydrogen-bond acceptors (Lipinski definition) is 3. The minimum Gasteiger partial charge on any atom is -0.349 e. The van der Waals surface area contributed by atoms with Gasteiger partial charge >= 0.3 is 0 Å². The number of amides is 1. The van der Waals surface area contributed by atoms with Gasteiger partial charge in [0, 0.05) is 25.3 Å². The first kappa shape index (κ1) is 12.1. The topological polar surface area (TPSA) is 72.9 Å². The third kappa shape index (κ3) is 3.06. The molecule has 17 heavy (non-hydrogen) atoms. The molecule has 0 aliphatic heterocycles. The fourth-order valence-electron chi connectivity index (χ4n) is 2.31. The Morgan fingerprint density at radius 1 is 1.53 bits per heavy atom. The van der Waals surface area contributed by atoms with Crippen molar-refractivity contribution in [2.75, 3.05) is 6.54 Å². The van der Waals surface area contributed by atoms with Crippen molar-refractivity contribution in [2.45, 2.75) is 37.6 Å². The van der Waals surface area contributed by atoms with Gasteiger partial charge in [0.15, 0.2) is 0 Å². The SMILES string of the molecule is Cn1cnc(C(=O)NCC2(N)CCCCC2)c1. The number of aromatic nitrogens is 2. The van der Waals surface area contributed by atoms with Crippen molar-refractivity contribution in [2.24, 2.45) is 12.8 Å². The Morgan fingerprint density at radius 3 is 2.82 bits per heavy atom. The summed E-state index contributed by atoms with van der Waals surface area (Å²) in [5.41, 5.74) is 6.48. The Labute approximate surface area is 101 Å². The monoisotopic (exact) mass is 236 g/mol. The highest BCUT2D eigenvalue weighted by molar-refractivity contribution is 5.92. The number of carbonyl (C=O) groups excluding carboxylic acids is 1. The number of hydrogen-bond donors (Lipinski definition) is 2. The van der Waals surface area contributed by atoms with E-state index in [0.29, 0.717) is 12.2 Å². The van der Waals surface area contributed by atoms with Gasteiger partial charge in [-0.3, -0.25) is 4.79 Å². The summed E-state index contributed by atoms with van der Waals surface area (Å²) in [5, 5.41) is 2.88. The van der Waals surface area contributed by atoms with Crippen LogP contribution in [0.4, 0.5) is 0 Å². The van der Waals surface area contributed by atoms with E-state index >= 15 is 0 Å². The van der Waals surface area contributed by atoms with Crippen molar-refractivity contribution >= 4 is 5.91 Å².